The number of benzene rings is 2. The van der Waals surface area contributed by atoms with Gasteiger partial charge in [-0.1, -0.05) is 51.0 Å². The molecule has 164 valence electrons. The Morgan fingerprint density at radius 3 is 2.52 bits per heavy atom. The Morgan fingerprint density at radius 1 is 1.06 bits per heavy atom. The van der Waals surface area contributed by atoms with Crippen molar-refractivity contribution in [2.75, 3.05) is 6.54 Å². The topological polar surface area (TPSA) is 55.2 Å². The van der Waals surface area contributed by atoms with Crippen LogP contribution >= 0.6 is 0 Å². The van der Waals surface area contributed by atoms with E-state index in [0.717, 1.165) is 30.5 Å². The Morgan fingerprint density at radius 2 is 1.84 bits per heavy atom. The summed E-state index contributed by atoms with van der Waals surface area (Å²) in [7, 11) is 0. The summed E-state index contributed by atoms with van der Waals surface area (Å²) in [6.45, 7) is 8.77. The van der Waals surface area contributed by atoms with Crippen LogP contribution in [0, 0.1) is 6.92 Å². The van der Waals surface area contributed by atoms with Crippen LogP contribution in [0.25, 0.3) is 16.6 Å². The smallest absolute Gasteiger partial charge is 0.266 e. The number of para-hydroxylation sites is 1. The van der Waals surface area contributed by atoms with Crippen molar-refractivity contribution in [3.8, 4) is 5.69 Å². The van der Waals surface area contributed by atoms with Crippen LogP contribution in [0.1, 0.15) is 70.3 Å². The minimum atomic E-state index is -0.267. The van der Waals surface area contributed by atoms with Crippen LogP contribution in [0.2, 0.25) is 0 Å². The molecule has 31 heavy (non-hydrogen) atoms. The monoisotopic (exact) mass is 419 g/mol. The fraction of sp³-hybridized carbons (Fsp3) is 0.423. The second-order valence-corrected chi connectivity index (χ2v) is 8.03. The standard InChI is InChI=1S/C26H33N3O2/c1-5-8-9-17-24(30)28(7-3)23(6-2)25-27-22-16-11-10-15-21(22)26(31)29(25)20-14-12-13-19(4)18-20/h10-16,18,23H,5-9,17H2,1-4H3. The first-order chi connectivity index (χ1) is 15.0. The van der Waals surface area contributed by atoms with Crippen molar-refractivity contribution >= 4 is 16.8 Å². The van der Waals surface area contributed by atoms with E-state index in [1.165, 1.54) is 0 Å². The van der Waals surface area contributed by atoms with E-state index in [0.29, 0.717) is 36.1 Å². The molecule has 0 bridgehead atoms. The number of unbranched alkanes of at least 4 members (excludes halogenated alkanes) is 2. The predicted molar refractivity (Wildman–Crippen MR) is 127 cm³/mol. The SMILES string of the molecule is CCCCCC(=O)N(CC)C(CC)c1nc2ccccc2c(=O)n1-c1cccc(C)c1. The van der Waals surface area contributed by atoms with Gasteiger partial charge in [0.1, 0.15) is 5.82 Å². The first-order valence-electron chi connectivity index (χ1n) is 11.4. The Labute approximate surface area is 184 Å². The van der Waals surface area contributed by atoms with E-state index in [4.69, 9.17) is 4.98 Å². The van der Waals surface area contributed by atoms with Gasteiger partial charge in [0, 0.05) is 13.0 Å². The molecule has 1 aromatic heterocycles. The van der Waals surface area contributed by atoms with Gasteiger partial charge < -0.3 is 4.90 Å². The zero-order valence-electron chi connectivity index (χ0n) is 19.1. The molecule has 0 aliphatic rings. The molecule has 1 atom stereocenters. The van der Waals surface area contributed by atoms with Gasteiger partial charge in [0.05, 0.1) is 22.6 Å². The van der Waals surface area contributed by atoms with Crippen LogP contribution in [0.5, 0.6) is 0 Å². The lowest BCUT2D eigenvalue weighted by atomic mass is 10.1. The molecule has 2 aromatic carbocycles. The van der Waals surface area contributed by atoms with Crippen molar-refractivity contribution in [2.45, 2.75) is 65.8 Å². The molecule has 5 heteroatoms. The van der Waals surface area contributed by atoms with Crippen LogP contribution < -0.4 is 5.56 Å². The number of rotatable bonds is 9. The van der Waals surface area contributed by atoms with E-state index < -0.39 is 0 Å². The minimum Gasteiger partial charge on any atom is -0.333 e. The maximum Gasteiger partial charge on any atom is 0.266 e. The van der Waals surface area contributed by atoms with Crippen molar-refractivity contribution < 1.29 is 4.79 Å². The fourth-order valence-electron chi connectivity index (χ4n) is 4.17. The van der Waals surface area contributed by atoms with Crippen LogP contribution in [0.4, 0.5) is 0 Å². The highest BCUT2D eigenvalue weighted by Gasteiger charge is 2.27. The lowest BCUT2D eigenvalue weighted by molar-refractivity contribution is -0.133. The van der Waals surface area contributed by atoms with Gasteiger partial charge in [-0.2, -0.15) is 0 Å². The van der Waals surface area contributed by atoms with Gasteiger partial charge in [-0.15, -0.1) is 0 Å². The lowest BCUT2D eigenvalue weighted by Gasteiger charge is -2.31. The van der Waals surface area contributed by atoms with E-state index >= 15 is 0 Å². The van der Waals surface area contributed by atoms with Gasteiger partial charge >= 0.3 is 0 Å². The molecule has 0 aliphatic heterocycles. The van der Waals surface area contributed by atoms with Crippen LogP contribution in [-0.2, 0) is 4.79 Å². The van der Waals surface area contributed by atoms with E-state index in [2.05, 4.69) is 13.8 Å². The molecule has 5 nitrogen and oxygen atoms in total. The first kappa shape index (κ1) is 22.7. The van der Waals surface area contributed by atoms with Crippen LogP contribution in [0.15, 0.2) is 53.3 Å². The Hall–Kier alpha value is -2.95. The van der Waals surface area contributed by atoms with Gasteiger partial charge in [-0.25, -0.2) is 4.98 Å². The van der Waals surface area contributed by atoms with Crippen molar-refractivity contribution in [2.24, 2.45) is 0 Å². The van der Waals surface area contributed by atoms with Crippen molar-refractivity contribution in [3.05, 3.63) is 70.3 Å². The molecule has 0 N–H and O–H groups in total. The molecule has 1 amide bonds. The maximum absolute atomic E-state index is 13.6. The van der Waals surface area contributed by atoms with E-state index in [9.17, 15) is 9.59 Å². The van der Waals surface area contributed by atoms with Gasteiger partial charge in [-0.05, 0) is 56.5 Å². The number of hydrogen-bond donors (Lipinski definition) is 0. The second-order valence-electron chi connectivity index (χ2n) is 8.03. The minimum absolute atomic E-state index is 0.0980. The largest absolute Gasteiger partial charge is 0.333 e. The normalized spacial score (nSPS) is 12.1. The molecule has 0 aliphatic carbocycles. The number of carbonyl (C=O) groups is 1. The van der Waals surface area contributed by atoms with Crippen LogP contribution in [0.3, 0.4) is 0 Å². The Kier molecular flexibility index (Phi) is 7.61. The Bertz CT molecular complexity index is 1100. The molecule has 0 radical (unpaired) electrons. The number of nitrogens with zero attached hydrogens (tertiary/aromatic N) is 3. The third-order valence-corrected chi connectivity index (χ3v) is 5.78. The summed E-state index contributed by atoms with van der Waals surface area (Å²) in [5.74, 6) is 0.753. The van der Waals surface area contributed by atoms with Crippen molar-refractivity contribution in [1.29, 1.82) is 0 Å². The summed E-state index contributed by atoms with van der Waals surface area (Å²) < 4.78 is 1.70. The molecule has 0 saturated carbocycles. The molecule has 3 rings (SSSR count). The molecule has 1 unspecified atom stereocenters. The number of aromatic nitrogens is 2. The fourth-order valence-corrected chi connectivity index (χ4v) is 4.17. The van der Waals surface area contributed by atoms with Gasteiger partial charge in [-0.3, -0.25) is 14.2 Å². The lowest BCUT2D eigenvalue weighted by Crippen LogP contribution is -2.38. The van der Waals surface area contributed by atoms with Gasteiger partial charge in [0.25, 0.3) is 5.56 Å². The van der Waals surface area contributed by atoms with Crippen molar-refractivity contribution in [1.82, 2.24) is 14.5 Å². The number of carbonyl (C=O) groups excluding carboxylic acids is 1. The molecule has 0 fully saturated rings. The highest BCUT2D eigenvalue weighted by molar-refractivity contribution is 5.79. The zero-order valence-corrected chi connectivity index (χ0v) is 19.1. The van der Waals surface area contributed by atoms with Crippen LogP contribution in [-0.4, -0.2) is 26.9 Å². The summed E-state index contributed by atoms with van der Waals surface area (Å²) >= 11 is 0. The van der Waals surface area contributed by atoms with Gasteiger partial charge in [0.2, 0.25) is 5.91 Å². The highest BCUT2D eigenvalue weighted by atomic mass is 16.2. The average molecular weight is 420 g/mol. The highest BCUT2D eigenvalue weighted by Crippen LogP contribution is 2.27. The van der Waals surface area contributed by atoms with E-state index in [1.807, 2.05) is 67.3 Å². The van der Waals surface area contributed by atoms with E-state index in [-0.39, 0.29) is 17.5 Å². The number of aryl methyl sites for hydroxylation is 1. The summed E-state index contributed by atoms with van der Waals surface area (Å²) in [6, 6.07) is 15.1. The first-order valence-corrected chi connectivity index (χ1v) is 11.4. The van der Waals surface area contributed by atoms with Crippen molar-refractivity contribution in [3.63, 3.8) is 0 Å². The number of hydrogen-bond acceptors (Lipinski definition) is 3. The molecular weight excluding hydrogens is 386 g/mol. The quantitative estimate of drug-likeness (QED) is 0.426. The molecule has 3 aromatic rings. The Balaban J connectivity index is 2.19. The number of amides is 1. The third kappa shape index (κ3) is 4.87. The van der Waals surface area contributed by atoms with Gasteiger partial charge in [0.15, 0.2) is 0 Å². The molecule has 0 saturated heterocycles. The summed E-state index contributed by atoms with van der Waals surface area (Å²) in [6.07, 6.45) is 4.22. The predicted octanol–water partition coefficient (Wildman–Crippen LogP) is 5.57. The maximum atomic E-state index is 13.6. The summed E-state index contributed by atoms with van der Waals surface area (Å²) in [4.78, 5) is 33.5. The zero-order chi connectivity index (χ0) is 22.4. The third-order valence-electron chi connectivity index (χ3n) is 5.78. The summed E-state index contributed by atoms with van der Waals surface area (Å²) in [5, 5.41) is 0.583. The second kappa shape index (κ2) is 10.4. The number of fused-ring (bicyclic) bond motifs is 1. The molecular formula is C26H33N3O2. The molecule has 1 heterocycles. The van der Waals surface area contributed by atoms with E-state index in [1.54, 1.807) is 4.57 Å². The molecule has 0 spiro atoms. The summed E-state index contributed by atoms with van der Waals surface area (Å²) in [5.41, 5.74) is 2.42. The average Bonchev–Trinajstić information content (AvgIpc) is 2.77.